The summed E-state index contributed by atoms with van der Waals surface area (Å²) in [5.41, 5.74) is 0.412. The third kappa shape index (κ3) is 4.58. The van der Waals surface area contributed by atoms with E-state index in [1.54, 1.807) is 17.0 Å². The van der Waals surface area contributed by atoms with Gasteiger partial charge in [0.05, 0.1) is 33.1 Å². The van der Waals surface area contributed by atoms with Crippen LogP contribution in [0.1, 0.15) is 17.5 Å². The smallest absolute Gasteiger partial charge is 0.289 e. The molecule has 2 amide bonds. The molecule has 0 aliphatic carbocycles. The number of benzene rings is 1. The van der Waals surface area contributed by atoms with E-state index in [1.165, 1.54) is 18.4 Å². The largest absolute Gasteiger partial charge is 0.459 e. The maximum atomic E-state index is 12.6. The van der Waals surface area contributed by atoms with Gasteiger partial charge in [-0.05, 0) is 31.2 Å². The quantitative estimate of drug-likeness (QED) is 0.744. The van der Waals surface area contributed by atoms with Gasteiger partial charge in [0.1, 0.15) is 0 Å². The number of nitrogens with one attached hydrogen (secondary N) is 1. The molecule has 144 valence electrons. The molecule has 3 rings (SSSR count). The van der Waals surface area contributed by atoms with Gasteiger partial charge < -0.3 is 14.6 Å². The van der Waals surface area contributed by atoms with Gasteiger partial charge in [-0.3, -0.25) is 14.5 Å². The zero-order chi connectivity index (χ0) is 19.6. The molecule has 1 fully saturated rings. The van der Waals surface area contributed by atoms with Gasteiger partial charge in [0.25, 0.3) is 5.91 Å². The topological polar surface area (TPSA) is 65.8 Å². The lowest BCUT2D eigenvalue weighted by atomic mass is 10.2. The van der Waals surface area contributed by atoms with E-state index < -0.39 is 6.04 Å². The normalized spacial score (nSPS) is 16.2. The molecule has 27 heavy (non-hydrogen) atoms. The van der Waals surface area contributed by atoms with E-state index in [4.69, 9.17) is 39.2 Å². The average molecular weight is 431 g/mol. The van der Waals surface area contributed by atoms with Crippen molar-refractivity contribution in [1.82, 2.24) is 9.80 Å². The molecule has 9 heteroatoms. The van der Waals surface area contributed by atoms with Crippen molar-refractivity contribution in [2.24, 2.45) is 0 Å². The zero-order valence-electron chi connectivity index (χ0n) is 14.5. The predicted molar refractivity (Wildman–Crippen MR) is 106 cm³/mol. The van der Waals surface area contributed by atoms with Gasteiger partial charge in [0, 0.05) is 26.2 Å². The molecule has 2 aromatic rings. The Balaban J connectivity index is 1.57. The fourth-order valence-electron chi connectivity index (χ4n) is 2.89. The number of anilines is 1. The number of hydrogen-bond donors (Lipinski definition) is 1. The molecule has 1 aliphatic rings. The minimum Gasteiger partial charge on any atom is -0.459 e. The van der Waals surface area contributed by atoms with Gasteiger partial charge in [-0.1, -0.05) is 34.8 Å². The summed E-state index contributed by atoms with van der Waals surface area (Å²) in [5.74, 6) is -0.0241. The molecule has 0 radical (unpaired) electrons. The van der Waals surface area contributed by atoms with Crippen LogP contribution in [0.15, 0.2) is 34.9 Å². The first kappa shape index (κ1) is 20.0. The minimum atomic E-state index is -0.392. The van der Waals surface area contributed by atoms with Crippen molar-refractivity contribution in [2.45, 2.75) is 13.0 Å². The number of carbonyl (C=O) groups excluding carboxylic acids is 2. The van der Waals surface area contributed by atoms with Gasteiger partial charge in [0.2, 0.25) is 5.91 Å². The first-order chi connectivity index (χ1) is 12.9. The number of halogens is 3. The molecule has 1 atom stereocenters. The SMILES string of the molecule is C[C@@H](C(=O)Nc1cc(Cl)c(Cl)cc1Cl)N1CCN(C(=O)c2ccco2)CC1. The lowest BCUT2D eigenvalue weighted by molar-refractivity contribution is -0.121. The highest BCUT2D eigenvalue weighted by atomic mass is 35.5. The second-order valence-electron chi connectivity index (χ2n) is 6.22. The van der Waals surface area contributed by atoms with Gasteiger partial charge in [-0.25, -0.2) is 0 Å². The summed E-state index contributed by atoms with van der Waals surface area (Å²) in [4.78, 5) is 28.6. The van der Waals surface area contributed by atoms with Crippen molar-refractivity contribution in [1.29, 1.82) is 0 Å². The Hall–Kier alpha value is -1.73. The van der Waals surface area contributed by atoms with Crippen molar-refractivity contribution in [3.63, 3.8) is 0 Å². The van der Waals surface area contributed by atoms with Crippen LogP contribution in [0.4, 0.5) is 5.69 Å². The Bertz CT molecular complexity index is 834. The number of piperazine rings is 1. The van der Waals surface area contributed by atoms with E-state index in [0.717, 1.165) is 0 Å². The highest BCUT2D eigenvalue weighted by Crippen LogP contribution is 2.32. The monoisotopic (exact) mass is 429 g/mol. The lowest BCUT2D eigenvalue weighted by Crippen LogP contribution is -2.54. The first-order valence-corrected chi connectivity index (χ1v) is 9.52. The van der Waals surface area contributed by atoms with E-state index in [-0.39, 0.29) is 11.8 Å². The molecular formula is C18H18Cl3N3O3. The summed E-state index contributed by atoms with van der Waals surface area (Å²) in [6.45, 7) is 4.01. The molecule has 1 N–H and O–H groups in total. The van der Waals surface area contributed by atoms with E-state index in [2.05, 4.69) is 5.32 Å². The summed E-state index contributed by atoms with van der Waals surface area (Å²) in [7, 11) is 0. The Morgan fingerprint density at radius 3 is 2.37 bits per heavy atom. The van der Waals surface area contributed by atoms with Crippen LogP contribution in [-0.4, -0.2) is 53.8 Å². The molecule has 1 aromatic heterocycles. The number of carbonyl (C=O) groups is 2. The number of amides is 2. The second kappa shape index (κ2) is 8.52. The van der Waals surface area contributed by atoms with Gasteiger partial charge in [0.15, 0.2) is 5.76 Å². The molecule has 6 nitrogen and oxygen atoms in total. The number of rotatable bonds is 4. The van der Waals surface area contributed by atoms with Crippen LogP contribution in [-0.2, 0) is 4.79 Å². The highest BCUT2D eigenvalue weighted by molar-refractivity contribution is 6.44. The third-order valence-corrected chi connectivity index (χ3v) is 5.56. The molecule has 1 aliphatic heterocycles. The van der Waals surface area contributed by atoms with Crippen LogP contribution in [0.2, 0.25) is 15.1 Å². The van der Waals surface area contributed by atoms with Crippen molar-refractivity contribution < 1.29 is 14.0 Å². The number of nitrogens with zero attached hydrogens (tertiary/aromatic N) is 2. The molecule has 0 unspecified atom stereocenters. The Morgan fingerprint density at radius 1 is 1.07 bits per heavy atom. The minimum absolute atomic E-state index is 0.139. The fourth-order valence-corrected chi connectivity index (χ4v) is 3.48. The Labute approximate surface area is 171 Å². The van der Waals surface area contributed by atoms with E-state index in [0.29, 0.717) is 52.7 Å². The molecule has 2 heterocycles. The van der Waals surface area contributed by atoms with Gasteiger partial charge in [-0.2, -0.15) is 0 Å². The number of furan rings is 1. The van der Waals surface area contributed by atoms with E-state index >= 15 is 0 Å². The molecule has 0 saturated carbocycles. The first-order valence-electron chi connectivity index (χ1n) is 8.39. The van der Waals surface area contributed by atoms with Crippen molar-refractivity contribution in [3.8, 4) is 0 Å². The summed E-state index contributed by atoms with van der Waals surface area (Å²) >= 11 is 18.0. The van der Waals surface area contributed by atoms with Crippen LogP contribution in [0.5, 0.6) is 0 Å². The van der Waals surface area contributed by atoms with Crippen molar-refractivity contribution in [2.75, 3.05) is 31.5 Å². The Morgan fingerprint density at radius 2 is 1.74 bits per heavy atom. The molecule has 0 bridgehead atoms. The van der Waals surface area contributed by atoms with Crippen molar-refractivity contribution >= 4 is 52.3 Å². The molecule has 1 saturated heterocycles. The lowest BCUT2D eigenvalue weighted by Gasteiger charge is -2.37. The zero-order valence-corrected chi connectivity index (χ0v) is 16.8. The van der Waals surface area contributed by atoms with Crippen molar-refractivity contribution in [3.05, 3.63) is 51.4 Å². The van der Waals surface area contributed by atoms with Crippen LogP contribution in [0.25, 0.3) is 0 Å². The maximum Gasteiger partial charge on any atom is 0.289 e. The summed E-state index contributed by atoms with van der Waals surface area (Å²) in [5, 5.41) is 3.74. The van der Waals surface area contributed by atoms with Crippen LogP contribution < -0.4 is 5.32 Å². The standard InChI is InChI=1S/C18H18Cl3N3O3/c1-11(17(25)22-15-10-13(20)12(19)9-14(15)21)23-4-6-24(7-5-23)18(26)16-3-2-8-27-16/h2-3,8-11H,4-7H2,1H3,(H,22,25)/t11-/m0/s1. The average Bonchev–Trinajstić information content (AvgIpc) is 3.19. The van der Waals surface area contributed by atoms with Crippen LogP contribution >= 0.6 is 34.8 Å². The maximum absolute atomic E-state index is 12.6. The second-order valence-corrected chi connectivity index (χ2v) is 7.44. The Kier molecular flexibility index (Phi) is 6.32. The third-order valence-electron chi connectivity index (χ3n) is 4.53. The molecule has 0 spiro atoms. The van der Waals surface area contributed by atoms with Gasteiger partial charge in [-0.15, -0.1) is 0 Å². The highest BCUT2D eigenvalue weighted by Gasteiger charge is 2.29. The van der Waals surface area contributed by atoms with E-state index in [1.807, 2.05) is 11.8 Å². The predicted octanol–water partition coefficient (Wildman–Crippen LogP) is 4.02. The van der Waals surface area contributed by atoms with Gasteiger partial charge >= 0.3 is 0 Å². The summed E-state index contributed by atoms with van der Waals surface area (Å²) in [6, 6.07) is 5.95. The van der Waals surface area contributed by atoms with Crippen LogP contribution in [0, 0.1) is 0 Å². The molecular weight excluding hydrogens is 413 g/mol. The number of hydrogen-bond acceptors (Lipinski definition) is 4. The summed E-state index contributed by atoms with van der Waals surface area (Å²) < 4.78 is 5.16. The van der Waals surface area contributed by atoms with E-state index in [9.17, 15) is 9.59 Å². The fraction of sp³-hybridized carbons (Fsp3) is 0.333. The molecule has 1 aromatic carbocycles. The summed E-state index contributed by atoms with van der Waals surface area (Å²) in [6.07, 6.45) is 1.48. The van der Waals surface area contributed by atoms with Crippen LogP contribution in [0.3, 0.4) is 0 Å².